The van der Waals surface area contributed by atoms with Crippen molar-refractivity contribution in [3.63, 3.8) is 0 Å². The summed E-state index contributed by atoms with van der Waals surface area (Å²) >= 11 is 3.50. The second-order valence-corrected chi connectivity index (χ2v) is 5.44. The lowest BCUT2D eigenvalue weighted by molar-refractivity contribution is 0.866. The van der Waals surface area contributed by atoms with E-state index in [2.05, 4.69) is 21.0 Å². The summed E-state index contributed by atoms with van der Waals surface area (Å²) in [6.45, 7) is 2.00. The number of halogens is 1. The molecule has 0 aliphatic heterocycles. The summed E-state index contributed by atoms with van der Waals surface area (Å²) in [6, 6.07) is 5.71. The number of pyridine rings is 1. The molecule has 0 saturated carbocycles. The smallest absolute Gasteiger partial charge is 0.258 e. The van der Waals surface area contributed by atoms with E-state index < -0.39 is 0 Å². The van der Waals surface area contributed by atoms with Gasteiger partial charge in [0.2, 0.25) is 0 Å². The molecule has 0 amide bonds. The second kappa shape index (κ2) is 4.35. The van der Waals surface area contributed by atoms with Gasteiger partial charge in [0.1, 0.15) is 0 Å². The standard InChI is InChI=1S/C14H12BrN3O/c1-9-6-16-18(7-9)10-3-4-11-12(5-10)13(15)8-17(2)14(11)19/h3-8H,1-2H3. The van der Waals surface area contributed by atoms with Crippen LogP contribution in [0.1, 0.15) is 5.56 Å². The van der Waals surface area contributed by atoms with Crippen molar-refractivity contribution in [2.24, 2.45) is 7.05 Å². The molecule has 2 aromatic heterocycles. The van der Waals surface area contributed by atoms with Crippen molar-refractivity contribution in [1.82, 2.24) is 14.3 Å². The maximum absolute atomic E-state index is 12.1. The number of rotatable bonds is 1. The molecular weight excluding hydrogens is 306 g/mol. The predicted octanol–water partition coefficient (Wildman–Crippen LogP) is 2.80. The Bertz CT molecular complexity index is 832. The monoisotopic (exact) mass is 317 g/mol. The maximum atomic E-state index is 12.1. The van der Waals surface area contributed by atoms with Gasteiger partial charge in [0.25, 0.3) is 5.56 Å². The quantitative estimate of drug-likeness (QED) is 0.692. The molecule has 3 rings (SSSR count). The molecule has 0 saturated heterocycles. The Morgan fingerprint density at radius 1 is 1.21 bits per heavy atom. The van der Waals surface area contributed by atoms with Crippen LogP contribution in [-0.2, 0) is 7.05 Å². The maximum Gasteiger partial charge on any atom is 0.258 e. The summed E-state index contributed by atoms with van der Waals surface area (Å²) in [5, 5.41) is 5.88. The van der Waals surface area contributed by atoms with Crippen molar-refractivity contribution in [2.75, 3.05) is 0 Å². The van der Waals surface area contributed by atoms with E-state index in [-0.39, 0.29) is 5.56 Å². The van der Waals surface area contributed by atoms with E-state index in [4.69, 9.17) is 0 Å². The molecular formula is C14H12BrN3O. The van der Waals surface area contributed by atoms with Crippen LogP contribution in [0.15, 0.2) is 46.1 Å². The Balaban J connectivity index is 2.30. The molecule has 0 N–H and O–H groups in total. The summed E-state index contributed by atoms with van der Waals surface area (Å²) in [5.41, 5.74) is 2.04. The third-order valence-corrected chi connectivity index (χ3v) is 3.73. The van der Waals surface area contributed by atoms with Crippen LogP contribution < -0.4 is 5.56 Å². The zero-order valence-corrected chi connectivity index (χ0v) is 12.2. The van der Waals surface area contributed by atoms with Gasteiger partial charge in [0.05, 0.1) is 11.9 Å². The topological polar surface area (TPSA) is 39.8 Å². The molecule has 5 heteroatoms. The van der Waals surface area contributed by atoms with E-state index >= 15 is 0 Å². The van der Waals surface area contributed by atoms with E-state index in [1.54, 1.807) is 22.5 Å². The molecule has 4 nitrogen and oxygen atoms in total. The first kappa shape index (κ1) is 12.2. The molecule has 0 atom stereocenters. The Morgan fingerprint density at radius 2 is 2.00 bits per heavy atom. The van der Waals surface area contributed by atoms with Crippen molar-refractivity contribution in [3.05, 3.63) is 57.2 Å². The number of hydrogen-bond donors (Lipinski definition) is 0. The number of aromatic nitrogens is 3. The lowest BCUT2D eigenvalue weighted by Crippen LogP contribution is -2.16. The SMILES string of the molecule is Cc1cnn(-c2ccc3c(=O)n(C)cc(Br)c3c2)c1. The van der Waals surface area contributed by atoms with E-state index in [1.165, 1.54) is 0 Å². The zero-order chi connectivity index (χ0) is 13.6. The highest BCUT2D eigenvalue weighted by molar-refractivity contribution is 9.10. The first-order valence-corrected chi connectivity index (χ1v) is 6.66. The second-order valence-electron chi connectivity index (χ2n) is 4.59. The first-order chi connectivity index (χ1) is 9.06. The zero-order valence-electron chi connectivity index (χ0n) is 10.6. The van der Waals surface area contributed by atoms with Gasteiger partial charge in [0.15, 0.2) is 0 Å². The van der Waals surface area contributed by atoms with Crippen LogP contribution in [0.3, 0.4) is 0 Å². The Kier molecular flexibility index (Phi) is 2.78. The van der Waals surface area contributed by atoms with E-state index in [0.717, 1.165) is 21.1 Å². The van der Waals surface area contributed by atoms with Gasteiger partial charge >= 0.3 is 0 Å². The fourth-order valence-electron chi connectivity index (χ4n) is 2.10. The van der Waals surface area contributed by atoms with Crippen LogP contribution in [0.2, 0.25) is 0 Å². The van der Waals surface area contributed by atoms with Crippen LogP contribution in [0.5, 0.6) is 0 Å². The molecule has 3 aromatic rings. The molecule has 1 aromatic carbocycles. The number of aryl methyl sites for hydroxylation is 2. The minimum atomic E-state index is 0.00129. The third-order valence-electron chi connectivity index (χ3n) is 3.09. The number of fused-ring (bicyclic) bond motifs is 1. The highest BCUT2D eigenvalue weighted by Crippen LogP contribution is 2.23. The van der Waals surface area contributed by atoms with Gasteiger partial charge in [-0.2, -0.15) is 5.10 Å². The lowest BCUT2D eigenvalue weighted by Gasteiger charge is -2.07. The van der Waals surface area contributed by atoms with Gasteiger partial charge in [-0.25, -0.2) is 4.68 Å². The van der Waals surface area contributed by atoms with Crippen LogP contribution in [0, 0.1) is 6.92 Å². The normalized spacial score (nSPS) is 11.1. The van der Waals surface area contributed by atoms with Gasteiger partial charge in [-0.1, -0.05) is 0 Å². The summed E-state index contributed by atoms with van der Waals surface area (Å²) in [7, 11) is 1.75. The van der Waals surface area contributed by atoms with Gasteiger partial charge in [-0.3, -0.25) is 4.79 Å². The predicted molar refractivity (Wildman–Crippen MR) is 78.7 cm³/mol. The van der Waals surface area contributed by atoms with Gasteiger partial charge in [-0.15, -0.1) is 0 Å². The fourth-order valence-corrected chi connectivity index (χ4v) is 2.74. The summed E-state index contributed by atoms with van der Waals surface area (Å²) in [6.07, 6.45) is 5.54. The average molecular weight is 318 g/mol. The molecule has 0 spiro atoms. The summed E-state index contributed by atoms with van der Waals surface area (Å²) in [4.78, 5) is 12.1. The molecule has 19 heavy (non-hydrogen) atoms. The van der Waals surface area contributed by atoms with Crippen LogP contribution in [0.4, 0.5) is 0 Å². The summed E-state index contributed by atoms with van der Waals surface area (Å²) in [5.74, 6) is 0. The van der Waals surface area contributed by atoms with Gasteiger partial charge in [0, 0.05) is 34.7 Å². The van der Waals surface area contributed by atoms with Crippen LogP contribution in [0.25, 0.3) is 16.5 Å². The Morgan fingerprint density at radius 3 is 2.68 bits per heavy atom. The van der Waals surface area contributed by atoms with E-state index in [9.17, 15) is 4.79 Å². The third kappa shape index (κ3) is 2.00. The number of hydrogen-bond acceptors (Lipinski definition) is 2. The largest absolute Gasteiger partial charge is 0.317 e. The first-order valence-electron chi connectivity index (χ1n) is 5.87. The van der Waals surface area contributed by atoms with Crippen molar-refractivity contribution in [2.45, 2.75) is 6.92 Å². The van der Waals surface area contributed by atoms with Gasteiger partial charge in [-0.05, 0) is 46.6 Å². The Hall–Kier alpha value is -1.88. The Labute approximate surface area is 118 Å². The molecule has 0 fully saturated rings. The number of benzene rings is 1. The molecule has 0 aliphatic carbocycles. The molecule has 0 aliphatic rings. The highest BCUT2D eigenvalue weighted by Gasteiger charge is 2.07. The summed E-state index contributed by atoms with van der Waals surface area (Å²) < 4.78 is 4.28. The van der Waals surface area contributed by atoms with Crippen molar-refractivity contribution >= 4 is 26.7 Å². The molecule has 2 heterocycles. The van der Waals surface area contributed by atoms with Crippen molar-refractivity contribution < 1.29 is 0 Å². The minimum Gasteiger partial charge on any atom is -0.317 e. The van der Waals surface area contributed by atoms with Crippen LogP contribution >= 0.6 is 15.9 Å². The van der Waals surface area contributed by atoms with E-state index in [0.29, 0.717) is 5.39 Å². The average Bonchev–Trinajstić information content (AvgIpc) is 2.82. The van der Waals surface area contributed by atoms with Crippen molar-refractivity contribution in [1.29, 1.82) is 0 Å². The van der Waals surface area contributed by atoms with E-state index in [1.807, 2.05) is 37.5 Å². The molecule has 96 valence electrons. The molecule has 0 unspecified atom stereocenters. The highest BCUT2D eigenvalue weighted by atomic mass is 79.9. The molecule has 0 bridgehead atoms. The minimum absolute atomic E-state index is 0.00129. The van der Waals surface area contributed by atoms with Gasteiger partial charge < -0.3 is 4.57 Å². The lowest BCUT2D eigenvalue weighted by atomic mass is 10.1. The van der Waals surface area contributed by atoms with Crippen molar-refractivity contribution in [3.8, 4) is 5.69 Å². The fraction of sp³-hybridized carbons (Fsp3) is 0.143. The number of nitrogens with zero attached hydrogens (tertiary/aromatic N) is 3. The van der Waals surface area contributed by atoms with Crippen LogP contribution in [-0.4, -0.2) is 14.3 Å². The molecule has 0 radical (unpaired) electrons.